The van der Waals surface area contributed by atoms with Gasteiger partial charge in [-0.3, -0.25) is 0 Å². The van der Waals surface area contributed by atoms with Crippen molar-refractivity contribution in [2.75, 3.05) is 13.9 Å². The molecule has 0 bridgehead atoms. The minimum atomic E-state index is -0.373. The van der Waals surface area contributed by atoms with Crippen LogP contribution in [0.1, 0.15) is 18.1 Å². The number of benzene rings is 1. The Bertz CT molecular complexity index is 395. The lowest BCUT2D eigenvalue weighted by molar-refractivity contribution is -0.140. The first-order valence-corrected chi connectivity index (χ1v) is 5.60. The van der Waals surface area contributed by atoms with E-state index in [1.54, 1.807) is 14.0 Å². The van der Waals surface area contributed by atoms with Gasteiger partial charge in [-0.25, -0.2) is 4.79 Å². The normalized spacial score (nSPS) is 10.1. The zero-order valence-electron chi connectivity index (χ0n) is 10.8. The number of carbonyl (C=O) groups is 1. The Morgan fingerprint density at radius 2 is 1.72 bits per heavy atom. The summed E-state index contributed by atoms with van der Waals surface area (Å²) in [5, 5.41) is 0. The van der Waals surface area contributed by atoms with Gasteiger partial charge in [0.1, 0.15) is 13.4 Å². The molecular formula is C14H18O4. The van der Waals surface area contributed by atoms with Gasteiger partial charge in [0.15, 0.2) is 0 Å². The van der Waals surface area contributed by atoms with Gasteiger partial charge in [0.25, 0.3) is 0 Å². The third kappa shape index (κ3) is 5.12. The van der Waals surface area contributed by atoms with Gasteiger partial charge in [-0.05, 0) is 18.1 Å². The monoisotopic (exact) mass is 250 g/mol. The average molecular weight is 250 g/mol. The molecule has 0 aliphatic heterocycles. The van der Waals surface area contributed by atoms with Crippen LogP contribution in [-0.4, -0.2) is 19.9 Å². The highest BCUT2D eigenvalue weighted by atomic mass is 16.7. The third-order valence-electron chi connectivity index (χ3n) is 2.21. The number of carbonyl (C=O) groups excluding carboxylic acids is 1. The van der Waals surface area contributed by atoms with E-state index in [2.05, 4.69) is 6.58 Å². The first-order chi connectivity index (χ1) is 8.63. The lowest BCUT2D eigenvalue weighted by atomic mass is 10.1. The molecule has 1 aromatic rings. The van der Waals surface area contributed by atoms with E-state index >= 15 is 0 Å². The maximum absolute atomic E-state index is 11.2. The van der Waals surface area contributed by atoms with Gasteiger partial charge in [0.2, 0.25) is 0 Å². The Balaban J connectivity index is 2.40. The summed E-state index contributed by atoms with van der Waals surface area (Å²) in [7, 11) is 1.58. The van der Waals surface area contributed by atoms with Gasteiger partial charge in [-0.15, -0.1) is 0 Å². The predicted octanol–water partition coefficient (Wildman–Crippen LogP) is 2.43. The number of esters is 1. The first kappa shape index (κ1) is 14.4. The van der Waals surface area contributed by atoms with Crippen LogP contribution >= 0.6 is 0 Å². The van der Waals surface area contributed by atoms with Gasteiger partial charge in [-0.1, -0.05) is 30.8 Å². The Morgan fingerprint density at radius 1 is 1.17 bits per heavy atom. The molecule has 0 amide bonds. The summed E-state index contributed by atoms with van der Waals surface area (Å²) in [6, 6.07) is 7.66. The van der Waals surface area contributed by atoms with Crippen molar-refractivity contribution < 1.29 is 19.0 Å². The molecular weight excluding hydrogens is 232 g/mol. The standard InChI is InChI=1S/C14H18O4/c1-11(2)14(15)18-9-13-6-4-12(5-7-13)8-17-10-16-3/h4-7H,1,8-10H2,2-3H3. The second kappa shape index (κ2) is 7.63. The highest BCUT2D eigenvalue weighted by Crippen LogP contribution is 2.08. The molecule has 0 aliphatic rings. The average Bonchev–Trinajstić information content (AvgIpc) is 2.37. The Kier molecular flexibility index (Phi) is 6.11. The van der Waals surface area contributed by atoms with Crippen molar-refractivity contribution in [3.05, 3.63) is 47.5 Å². The molecule has 0 radical (unpaired) electrons. The maximum atomic E-state index is 11.2. The van der Waals surface area contributed by atoms with Crippen molar-refractivity contribution in [2.45, 2.75) is 20.1 Å². The van der Waals surface area contributed by atoms with Crippen LogP contribution in [0.3, 0.4) is 0 Å². The molecule has 98 valence electrons. The summed E-state index contributed by atoms with van der Waals surface area (Å²) in [6.45, 7) is 6.17. The molecule has 0 saturated carbocycles. The summed E-state index contributed by atoms with van der Waals surface area (Å²) in [4.78, 5) is 11.2. The highest BCUT2D eigenvalue weighted by Gasteiger charge is 2.03. The summed E-state index contributed by atoms with van der Waals surface area (Å²) in [5.74, 6) is -0.373. The molecule has 0 spiro atoms. The molecule has 0 fully saturated rings. The van der Waals surface area contributed by atoms with Crippen molar-refractivity contribution in [3.8, 4) is 0 Å². The van der Waals surface area contributed by atoms with Crippen LogP contribution in [0.15, 0.2) is 36.4 Å². The van der Waals surface area contributed by atoms with Crippen molar-refractivity contribution >= 4 is 5.97 Å². The molecule has 4 heteroatoms. The van der Waals surface area contributed by atoms with Crippen molar-refractivity contribution in [1.82, 2.24) is 0 Å². The molecule has 1 rings (SSSR count). The second-order valence-electron chi connectivity index (χ2n) is 3.93. The topological polar surface area (TPSA) is 44.8 Å². The van der Waals surface area contributed by atoms with Crippen molar-refractivity contribution in [2.24, 2.45) is 0 Å². The Hall–Kier alpha value is -1.65. The zero-order valence-corrected chi connectivity index (χ0v) is 10.8. The van der Waals surface area contributed by atoms with E-state index in [4.69, 9.17) is 14.2 Å². The van der Waals surface area contributed by atoms with Crippen LogP contribution < -0.4 is 0 Å². The lowest BCUT2D eigenvalue weighted by Crippen LogP contribution is -2.04. The number of ether oxygens (including phenoxy) is 3. The van der Waals surface area contributed by atoms with E-state index in [0.29, 0.717) is 12.2 Å². The van der Waals surface area contributed by atoms with Gasteiger partial charge in [0.05, 0.1) is 6.61 Å². The number of hydrogen-bond donors (Lipinski definition) is 0. The van der Waals surface area contributed by atoms with E-state index < -0.39 is 0 Å². The van der Waals surface area contributed by atoms with Crippen LogP contribution in [-0.2, 0) is 32.2 Å². The molecule has 1 aromatic carbocycles. The van der Waals surface area contributed by atoms with E-state index in [9.17, 15) is 4.79 Å². The summed E-state index contributed by atoms with van der Waals surface area (Å²) >= 11 is 0. The van der Waals surface area contributed by atoms with Crippen LogP contribution in [0, 0.1) is 0 Å². The SMILES string of the molecule is C=C(C)C(=O)OCc1ccc(COCOC)cc1. The highest BCUT2D eigenvalue weighted by molar-refractivity contribution is 5.86. The number of hydrogen-bond acceptors (Lipinski definition) is 4. The Labute approximate surface area is 107 Å². The number of rotatable bonds is 7. The van der Waals surface area contributed by atoms with Crippen LogP contribution in [0.25, 0.3) is 0 Å². The molecule has 0 saturated heterocycles. The molecule has 18 heavy (non-hydrogen) atoms. The maximum Gasteiger partial charge on any atom is 0.333 e. The smallest absolute Gasteiger partial charge is 0.333 e. The second-order valence-corrected chi connectivity index (χ2v) is 3.93. The minimum absolute atomic E-state index is 0.255. The van der Waals surface area contributed by atoms with Crippen LogP contribution in [0.4, 0.5) is 0 Å². The van der Waals surface area contributed by atoms with Crippen LogP contribution in [0.2, 0.25) is 0 Å². The first-order valence-electron chi connectivity index (χ1n) is 5.60. The van der Waals surface area contributed by atoms with Crippen molar-refractivity contribution in [1.29, 1.82) is 0 Å². The van der Waals surface area contributed by atoms with Crippen LogP contribution in [0.5, 0.6) is 0 Å². The summed E-state index contributed by atoms with van der Waals surface area (Å²) in [6.07, 6.45) is 0. The molecule has 0 aromatic heterocycles. The fourth-order valence-electron chi connectivity index (χ4n) is 1.25. The minimum Gasteiger partial charge on any atom is -0.457 e. The summed E-state index contributed by atoms with van der Waals surface area (Å²) in [5.41, 5.74) is 2.38. The quantitative estimate of drug-likeness (QED) is 0.323. The third-order valence-corrected chi connectivity index (χ3v) is 2.21. The number of methoxy groups -OCH3 is 1. The van der Waals surface area contributed by atoms with Crippen molar-refractivity contribution in [3.63, 3.8) is 0 Å². The predicted molar refractivity (Wildman–Crippen MR) is 67.7 cm³/mol. The summed E-state index contributed by atoms with van der Waals surface area (Å²) < 4.78 is 15.0. The Morgan fingerprint density at radius 3 is 2.22 bits per heavy atom. The zero-order chi connectivity index (χ0) is 13.4. The molecule has 0 N–H and O–H groups in total. The molecule has 0 unspecified atom stereocenters. The molecule has 4 nitrogen and oxygen atoms in total. The fraction of sp³-hybridized carbons (Fsp3) is 0.357. The van der Waals surface area contributed by atoms with E-state index in [1.165, 1.54) is 0 Å². The van der Waals surface area contributed by atoms with E-state index in [0.717, 1.165) is 11.1 Å². The molecule has 0 aliphatic carbocycles. The van der Waals surface area contributed by atoms with Gasteiger partial charge >= 0.3 is 5.97 Å². The van der Waals surface area contributed by atoms with Gasteiger partial charge < -0.3 is 14.2 Å². The fourth-order valence-corrected chi connectivity index (χ4v) is 1.25. The van der Waals surface area contributed by atoms with E-state index in [1.807, 2.05) is 24.3 Å². The van der Waals surface area contributed by atoms with E-state index in [-0.39, 0.29) is 19.4 Å². The van der Waals surface area contributed by atoms with Gasteiger partial charge in [-0.2, -0.15) is 0 Å². The lowest BCUT2D eigenvalue weighted by Gasteiger charge is -2.06. The molecule has 0 heterocycles. The molecule has 0 atom stereocenters. The largest absolute Gasteiger partial charge is 0.457 e. The van der Waals surface area contributed by atoms with Gasteiger partial charge in [0, 0.05) is 12.7 Å².